The molecule has 378 valence electrons. The molecule has 1 aliphatic heterocycles. The van der Waals surface area contributed by atoms with Crippen LogP contribution in [0.5, 0.6) is 17.4 Å². The first kappa shape index (κ1) is 53.5. The van der Waals surface area contributed by atoms with Crippen LogP contribution >= 0.6 is 0 Å². The highest BCUT2D eigenvalue weighted by Gasteiger charge is 2.34. The molecule has 11 N–H and O–H groups in total. The van der Waals surface area contributed by atoms with E-state index in [0.717, 1.165) is 28.5 Å². The lowest BCUT2D eigenvalue weighted by Gasteiger charge is -2.27. The van der Waals surface area contributed by atoms with Gasteiger partial charge in [-0.1, -0.05) is 73.5 Å². The number of nitrogens with two attached hydrogens (primary N) is 1. The van der Waals surface area contributed by atoms with Crippen molar-refractivity contribution in [1.82, 2.24) is 25.9 Å². The van der Waals surface area contributed by atoms with E-state index >= 15 is 0 Å². The van der Waals surface area contributed by atoms with E-state index in [9.17, 15) is 42.7 Å². The lowest BCUT2D eigenvalue weighted by Crippen LogP contribution is -2.71. The molecule has 0 radical (unpaired) electrons. The number of hydrogen-bond donors (Lipinski definition) is 8. The maximum absolute atomic E-state index is 13.8. The smallest absolute Gasteiger partial charge is 0.253 e. The molecular weight excluding hydrogens is 943 g/mol. The van der Waals surface area contributed by atoms with Gasteiger partial charge < -0.3 is 60.2 Å². The van der Waals surface area contributed by atoms with Crippen LogP contribution in [0.25, 0.3) is 22.4 Å². The van der Waals surface area contributed by atoms with Crippen molar-refractivity contribution in [2.24, 2.45) is 10.5 Å². The summed E-state index contributed by atoms with van der Waals surface area (Å²) in [5.74, 6) is -0.245. The highest BCUT2D eigenvalue weighted by molar-refractivity contribution is 7.85. The summed E-state index contributed by atoms with van der Waals surface area (Å²) in [6, 6.07) is 26.2. The van der Waals surface area contributed by atoms with Crippen molar-refractivity contribution in [2.45, 2.75) is 74.9 Å². The first-order chi connectivity index (χ1) is 33.9. The number of rotatable bonds is 25. The van der Waals surface area contributed by atoms with E-state index in [2.05, 4.69) is 26.0 Å². The molecule has 22 heteroatoms. The maximum atomic E-state index is 13.8. The van der Waals surface area contributed by atoms with Crippen LogP contribution in [-0.2, 0) is 19.7 Å². The standard InChI is InChI=1S/C49H57N7O14S/c1-49(2,18-8-9-19-68-44-22-34(20-35(54-44)30-10-4-3-5-11-30)31-14-16-39-40(21-31)70-29-69-39)28-52-48(64)36(23-43(60)51-26-37(58)45(61)46(62)38(59)27-57)55-47(63)33-15-17-42(50-24-33)56-53-25-32-12-6-7-13-41(32)71(65,66)67/h3-7,10-17,20-22,24-25,36-38,45-46,57-59,61-62H,8-9,18-19,23,26-29H2,1-2H3,(H,50,56)(H,51,60)(H,52,64)(H,55,63)(H,65,66,67)/p+1/b53-25+/t36-,37-,38+,45+,46+/m0/s1. The van der Waals surface area contributed by atoms with Gasteiger partial charge in [-0.05, 0) is 66.1 Å². The fourth-order valence-electron chi connectivity index (χ4n) is 7.25. The van der Waals surface area contributed by atoms with Crippen LogP contribution in [0.2, 0.25) is 0 Å². The van der Waals surface area contributed by atoms with Crippen molar-refractivity contribution in [3.63, 3.8) is 0 Å². The van der Waals surface area contributed by atoms with Gasteiger partial charge in [0.15, 0.2) is 17.6 Å². The van der Waals surface area contributed by atoms with Crippen molar-refractivity contribution in [3.8, 4) is 39.8 Å². The van der Waals surface area contributed by atoms with Gasteiger partial charge in [0, 0.05) is 42.5 Å². The third-order valence-electron chi connectivity index (χ3n) is 11.3. The Balaban J connectivity index is 1.05. The Morgan fingerprint density at radius 3 is 2.39 bits per heavy atom. The minimum Gasteiger partial charge on any atom is -0.744 e. The first-order valence-corrected chi connectivity index (χ1v) is 24.0. The van der Waals surface area contributed by atoms with Gasteiger partial charge in [0.1, 0.15) is 35.0 Å². The van der Waals surface area contributed by atoms with E-state index in [-0.39, 0.29) is 30.3 Å². The summed E-state index contributed by atoms with van der Waals surface area (Å²) in [5, 5.41) is 59.1. The SMILES string of the molecule is CC(C)(CCCCOc1cc(-c2ccc3c(c2)OCO3)cc(-c2ccccc2)n1)CNC(=O)[C@H](CC(=O)NC[C@H](O)[C@@H](O)[C@H](O)[C@H]([OH2+])CO)NC(=O)c1ccc([NH2+]/N=C/c2ccccc2S(=O)(=O)[O-])nc1. The Morgan fingerprint density at radius 1 is 0.915 bits per heavy atom. The Labute approximate surface area is 409 Å². The zero-order chi connectivity index (χ0) is 51.1. The number of pyridine rings is 2. The molecule has 5 atom stereocenters. The predicted octanol–water partition coefficient (Wildman–Crippen LogP) is 0.837. The van der Waals surface area contributed by atoms with E-state index in [4.69, 9.17) is 29.4 Å². The summed E-state index contributed by atoms with van der Waals surface area (Å²) in [7, 11) is -4.75. The van der Waals surface area contributed by atoms with E-state index in [1.54, 1.807) is 0 Å². The number of benzene rings is 3. The molecular formula is C49H58N7O14S+. The van der Waals surface area contributed by atoms with Crippen LogP contribution in [0.15, 0.2) is 113 Å². The average molecular weight is 1000 g/mol. The van der Waals surface area contributed by atoms with Crippen LogP contribution in [0.4, 0.5) is 5.82 Å². The van der Waals surface area contributed by atoms with Gasteiger partial charge in [-0.3, -0.25) is 14.4 Å². The largest absolute Gasteiger partial charge is 0.744 e. The molecule has 0 saturated carbocycles. The van der Waals surface area contributed by atoms with Gasteiger partial charge in [-0.2, -0.15) is 5.43 Å². The second-order valence-corrected chi connectivity index (χ2v) is 18.8. The molecule has 0 aliphatic carbocycles. The second-order valence-electron chi connectivity index (χ2n) is 17.4. The number of quaternary nitrogens is 1. The van der Waals surface area contributed by atoms with Gasteiger partial charge >= 0.3 is 0 Å². The van der Waals surface area contributed by atoms with E-state index < -0.39 is 88.2 Å². The van der Waals surface area contributed by atoms with Crippen molar-refractivity contribution in [2.75, 3.05) is 33.1 Å². The number of amides is 3. The van der Waals surface area contributed by atoms with Crippen LogP contribution in [0.1, 0.15) is 55.5 Å². The average Bonchev–Trinajstić information content (AvgIpc) is 3.85. The number of aromatic nitrogens is 2. The third kappa shape index (κ3) is 15.6. The molecule has 3 aromatic carbocycles. The van der Waals surface area contributed by atoms with Gasteiger partial charge in [-0.25, -0.2) is 18.4 Å². The number of aliphatic hydroxyl groups excluding tert-OH is 4. The quantitative estimate of drug-likeness (QED) is 0.0100. The number of aliphatic hydroxyl groups is 4. The minimum absolute atomic E-state index is 0.00203. The molecule has 6 rings (SSSR count). The van der Waals surface area contributed by atoms with E-state index in [1.807, 2.05) is 74.5 Å². The zero-order valence-corrected chi connectivity index (χ0v) is 39.7. The number of hydrogen-bond acceptors (Lipinski definition) is 16. The monoisotopic (exact) mass is 1000 g/mol. The molecule has 21 nitrogen and oxygen atoms in total. The van der Waals surface area contributed by atoms with Gasteiger partial charge in [0.2, 0.25) is 30.6 Å². The number of nitrogens with one attached hydrogen (secondary N) is 3. The number of fused-ring (bicyclic) bond motifs is 1. The number of ether oxygens (including phenoxy) is 3. The summed E-state index contributed by atoms with van der Waals surface area (Å²) < 4.78 is 52.1. The minimum atomic E-state index is -4.75. The molecule has 0 spiro atoms. The third-order valence-corrected chi connectivity index (χ3v) is 12.3. The fourth-order valence-corrected chi connectivity index (χ4v) is 7.90. The topological polar surface area (TPSA) is 331 Å². The van der Waals surface area contributed by atoms with Crippen LogP contribution in [0, 0.1) is 5.41 Å². The number of carbonyl (C=O) groups is 3. The molecule has 0 fully saturated rings. The van der Waals surface area contributed by atoms with Crippen molar-refractivity contribution in [1.29, 1.82) is 0 Å². The molecule has 0 saturated heterocycles. The molecule has 5 aromatic rings. The molecule has 71 heavy (non-hydrogen) atoms. The fraction of sp³-hybridized carbons (Fsp3) is 0.347. The number of carbonyl (C=O) groups excluding carboxylic acids is 3. The Morgan fingerprint density at radius 2 is 1.66 bits per heavy atom. The molecule has 3 heterocycles. The molecule has 0 unspecified atom stereocenters. The Kier molecular flexibility index (Phi) is 18.7. The summed E-state index contributed by atoms with van der Waals surface area (Å²) in [6.07, 6.45) is -3.18. The zero-order valence-electron chi connectivity index (χ0n) is 38.9. The highest BCUT2D eigenvalue weighted by Crippen LogP contribution is 2.37. The first-order valence-electron chi connectivity index (χ1n) is 22.6. The molecule has 3 amide bonds. The summed E-state index contributed by atoms with van der Waals surface area (Å²) >= 11 is 0. The van der Waals surface area contributed by atoms with Crippen molar-refractivity contribution < 1.29 is 72.5 Å². The summed E-state index contributed by atoms with van der Waals surface area (Å²) in [6.45, 7) is 3.20. The van der Waals surface area contributed by atoms with E-state index in [0.29, 0.717) is 43.2 Å². The normalized spacial score (nSPS) is 14.5. The second kappa shape index (κ2) is 24.8. The number of nitrogens with zero attached hydrogens (tertiary/aromatic N) is 3. The lowest BCUT2D eigenvalue weighted by atomic mass is 9.87. The summed E-state index contributed by atoms with van der Waals surface area (Å²) in [5.41, 5.74) is 4.34. The Bertz CT molecular complexity index is 2750. The number of unbranched alkanes of at least 4 members (excludes halogenated alkanes) is 1. The van der Waals surface area contributed by atoms with Crippen LogP contribution in [-0.4, -0.2) is 136 Å². The molecule has 0 bridgehead atoms. The summed E-state index contributed by atoms with van der Waals surface area (Å²) in [4.78, 5) is 48.9. The lowest BCUT2D eigenvalue weighted by molar-refractivity contribution is -0.580. The van der Waals surface area contributed by atoms with Crippen molar-refractivity contribution >= 4 is 39.9 Å². The highest BCUT2D eigenvalue weighted by atomic mass is 32.2. The van der Waals surface area contributed by atoms with Gasteiger partial charge in [0.05, 0.1) is 35.4 Å². The van der Waals surface area contributed by atoms with Gasteiger partial charge in [0.25, 0.3) is 11.7 Å². The Hall–Kier alpha value is -6.89. The molecule has 2 aromatic heterocycles. The predicted molar refractivity (Wildman–Crippen MR) is 257 cm³/mol. The van der Waals surface area contributed by atoms with Crippen LogP contribution in [0.3, 0.4) is 0 Å². The van der Waals surface area contributed by atoms with Crippen molar-refractivity contribution in [3.05, 3.63) is 114 Å². The van der Waals surface area contributed by atoms with Crippen LogP contribution < -0.4 is 35.6 Å². The van der Waals surface area contributed by atoms with E-state index in [1.165, 1.54) is 48.2 Å². The van der Waals surface area contributed by atoms with Gasteiger partial charge in [-0.15, -0.1) is 0 Å². The maximum Gasteiger partial charge on any atom is 0.253 e. The molecule has 1 aliphatic rings.